The smallest absolute Gasteiger partial charge is 0.336 e. The molecular formula is C16H13NO3. The Bertz CT molecular complexity index is 776. The second kappa shape index (κ2) is 4.81. The van der Waals surface area contributed by atoms with Crippen LogP contribution in [0.25, 0.3) is 22.2 Å². The Labute approximate surface area is 115 Å². The average Bonchev–Trinajstić information content (AvgIpc) is 2.99. The summed E-state index contributed by atoms with van der Waals surface area (Å²) in [5, 5.41) is 10.1. The molecule has 0 amide bonds. The minimum atomic E-state index is -0.949. The quantitative estimate of drug-likeness (QED) is 0.784. The number of carboxylic acid groups (broad SMARTS) is 1. The number of furan rings is 1. The fourth-order valence-electron chi connectivity index (χ4n) is 2.23. The summed E-state index contributed by atoms with van der Waals surface area (Å²) >= 11 is 0. The van der Waals surface area contributed by atoms with Crippen molar-refractivity contribution < 1.29 is 14.3 Å². The third kappa shape index (κ3) is 2.05. The first-order valence-corrected chi connectivity index (χ1v) is 6.38. The maximum Gasteiger partial charge on any atom is 0.336 e. The van der Waals surface area contributed by atoms with E-state index in [0.29, 0.717) is 16.6 Å². The number of hydrogen-bond acceptors (Lipinski definition) is 3. The van der Waals surface area contributed by atoms with Crippen LogP contribution in [0.4, 0.5) is 0 Å². The molecule has 0 saturated heterocycles. The first-order valence-electron chi connectivity index (χ1n) is 6.38. The molecule has 0 bridgehead atoms. The first kappa shape index (κ1) is 12.4. The van der Waals surface area contributed by atoms with Gasteiger partial charge in [0.05, 0.1) is 29.3 Å². The van der Waals surface area contributed by atoms with Crippen molar-refractivity contribution in [2.45, 2.75) is 13.3 Å². The Morgan fingerprint density at radius 3 is 2.80 bits per heavy atom. The number of carbonyl (C=O) groups is 1. The lowest BCUT2D eigenvalue weighted by Crippen LogP contribution is -2.00. The Kier molecular flexibility index (Phi) is 2.99. The maximum atomic E-state index is 11.5. The Morgan fingerprint density at radius 2 is 2.15 bits per heavy atom. The summed E-state index contributed by atoms with van der Waals surface area (Å²) in [6.45, 7) is 2.04. The van der Waals surface area contributed by atoms with E-state index in [0.717, 1.165) is 17.5 Å². The second-order valence-electron chi connectivity index (χ2n) is 4.58. The van der Waals surface area contributed by atoms with Crippen molar-refractivity contribution >= 4 is 16.9 Å². The van der Waals surface area contributed by atoms with Crippen LogP contribution < -0.4 is 0 Å². The molecule has 0 spiro atoms. The molecule has 0 aliphatic carbocycles. The van der Waals surface area contributed by atoms with E-state index < -0.39 is 5.97 Å². The van der Waals surface area contributed by atoms with Crippen LogP contribution in [-0.4, -0.2) is 16.1 Å². The number of aromatic nitrogens is 1. The van der Waals surface area contributed by atoms with Gasteiger partial charge >= 0.3 is 5.97 Å². The molecule has 20 heavy (non-hydrogen) atoms. The van der Waals surface area contributed by atoms with Crippen molar-refractivity contribution in [1.29, 1.82) is 0 Å². The van der Waals surface area contributed by atoms with Crippen LogP contribution in [0.15, 0.2) is 47.3 Å². The molecule has 100 valence electrons. The van der Waals surface area contributed by atoms with Crippen molar-refractivity contribution in [2.24, 2.45) is 0 Å². The van der Waals surface area contributed by atoms with E-state index in [1.165, 1.54) is 0 Å². The monoisotopic (exact) mass is 267 g/mol. The van der Waals surface area contributed by atoms with E-state index in [1.54, 1.807) is 24.7 Å². The van der Waals surface area contributed by atoms with Crippen LogP contribution in [0.1, 0.15) is 22.8 Å². The van der Waals surface area contributed by atoms with E-state index in [4.69, 9.17) is 4.42 Å². The predicted molar refractivity (Wildman–Crippen MR) is 75.8 cm³/mol. The molecule has 0 fully saturated rings. The largest absolute Gasteiger partial charge is 0.478 e. The topological polar surface area (TPSA) is 63.3 Å². The summed E-state index contributed by atoms with van der Waals surface area (Å²) in [4.78, 5) is 16.0. The van der Waals surface area contributed by atoms with Gasteiger partial charge in [0, 0.05) is 10.9 Å². The van der Waals surface area contributed by atoms with E-state index in [-0.39, 0.29) is 5.56 Å². The molecule has 0 saturated carbocycles. The number of fused-ring (bicyclic) bond motifs is 1. The summed E-state index contributed by atoms with van der Waals surface area (Å²) in [6.07, 6.45) is 3.96. The maximum absolute atomic E-state index is 11.5. The number of benzene rings is 1. The number of aromatic carboxylic acids is 1. The number of rotatable bonds is 3. The second-order valence-corrected chi connectivity index (χ2v) is 4.58. The van der Waals surface area contributed by atoms with Gasteiger partial charge in [0.25, 0.3) is 0 Å². The zero-order chi connectivity index (χ0) is 14.1. The van der Waals surface area contributed by atoms with Gasteiger partial charge in [-0.3, -0.25) is 0 Å². The summed E-state index contributed by atoms with van der Waals surface area (Å²) in [5.74, 6) is -0.949. The molecule has 0 atom stereocenters. The number of aryl methyl sites for hydroxylation is 1. The SMILES string of the molecule is CCc1ccc2nc(-c3ccoc3)cc(C(=O)O)c2c1. The van der Waals surface area contributed by atoms with Gasteiger partial charge in [-0.15, -0.1) is 0 Å². The number of nitrogens with zero attached hydrogens (tertiary/aromatic N) is 1. The van der Waals surface area contributed by atoms with Crippen molar-refractivity contribution in [3.63, 3.8) is 0 Å². The van der Waals surface area contributed by atoms with Crippen molar-refractivity contribution in [2.75, 3.05) is 0 Å². The van der Waals surface area contributed by atoms with Crippen LogP contribution in [0.5, 0.6) is 0 Å². The lowest BCUT2D eigenvalue weighted by molar-refractivity contribution is 0.0699. The molecule has 0 radical (unpaired) electrons. The average molecular weight is 267 g/mol. The van der Waals surface area contributed by atoms with Crippen LogP contribution in [0, 0.1) is 0 Å². The zero-order valence-electron chi connectivity index (χ0n) is 11.0. The van der Waals surface area contributed by atoms with Gasteiger partial charge in [-0.05, 0) is 36.2 Å². The lowest BCUT2D eigenvalue weighted by atomic mass is 10.0. The van der Waals surface area contributed by atoms with Gasteiger partial charge in [-0.1, -0.05) is 13.0 Å². The molecule has 1 aromatic carbocycles. The molecule has 0 aliphatic heterocycles. The van der Waals surface area contributed by atoms with E-state index in [1.807, 2.05) is 25.1 Å². The van der Waals surface area contributed by atoms with Gasteiger partial charge in [0.2, 0.25) is 0 Å². The number of carboxylic acids is 1. The molecule has 0 unspecified atom stereocenters. The molecular weight excluding hydrogens is 254 g/mol. The molecule has 3 aromatic rings. The number of hydrogen-bond donors (Lipinski definition) is 1. The molecule has 4 heteroatoms. The third-order valence-corrected chi connectivity index (χ3v) is 3.33. The van der Waals surface area contributed by atoms with E-state index in [2.05, 4.69) is 4.98 Å². The van der Waals surface area contributed by atoms with Gasteiger partial charge < -0.3 is 9.52 Å². The lowest BCUT2D eigenvalue weighted by Gasteiger charge is -2.07. The Hall–Kier alpha value is -2.62. The van der Waals surface area contributed by atoms with E-state index in [9.17, 15) is 9.90 Å². The predicted octanol–water partition coefficient (Wildman–Crippen LogP) is 3.76. The molecule has 3 rings (SSSR count). The molecule has 2 aromatic heterocycles. The molecule has 2 heterocycles. The molecule has 4 nitrogen and oxygen atoms in total. The highest BCUT2D eigenvalue weighted by molar-refractivity contribution is 6.03. The van der Waals surface area contributed by atoms with E-state index >= 15 is 0 Å². The fraction of sp³-hybridized carbons (Fsp3) is 0.125. The summed E-state index contributed by atoms with van der Waals surface area (Å²) in [7, 11) is 0. The number of pyridine rings is 1. The zero-order valence-corrected chi connectivity index (χ0v) is 11.0. The highest BCUT2D eigenvalue weighted by Gasteiger charge is 2.13. The highest BCUT2D eigenvalue weighted by Crippen LogP contribution is 2.26. The third-order valence-electron chi connectivity index (χ3n) is 3.33. The first-order chi connectivity index (χ1) is 9.69. The normalized spacial score (nSPS) is 10.8. The standard InChI is InChI=1S/C16H13NO3/c1-2-10-3-4-14-12(7-10)13(16(18)19)8-15(17-14)11-5-6-20-9-11/h3-9H,2H2,1H3,(H,18,19). The minimum absolute atomic E-state index is 0.265. The van der Waals surface area contributed by atoms with Crippen LogP contribution in [-0.2, 0) is 6.42 Å². The summed E-state index contributed by atoms with van der Waals surface area (Å²) < 4.78 is 5.03. The summed E-state index contributed by atoms with van der Waals surface area (Å²) in [6, 6.07) is 9.09. The van der Waals surface area contributed by atoms with Crippen LogP contribution in [0.3, 0.4) is 0 Å². The minimum Gasteiger partial charge on any atom is -0.478 e. The van der Waals surface area contributed by atoms with Crippen molar-refractivity contribution in [3.05, 3.63) is 54.0 Å². The van der Waals surface area contributed by atoms with Crippen molar-refractivity contribution in [1.82, 2.24) is 4.98 Å². The highest BCUT2D eigenvalue weighted by atomic mass is 16.4. The van der Waals surface area contributed by atoms with Gasteiger partial charge in [-0.25, -0.2) is 9.78 Å². The molecule has 0 aliphatic rings. The van der Waals surface area contributed by atoms with Gasteiger partial charge in [0.1, 0.15) is 0 Å². The molecule has 1 N–H and O–H groups in total. The van der Waals surface area contributed by atoms with Crippen LogP contribution in [0.2, 0.25) is 0 Å². The Morgan fingerprint density at radius 1 is 1.30 bits per heavy atom. The van der Waals surface area contributed by atoms with Gasteiger partial charge in [-0.2, -0.15) is 0 Å². The summed E-state index contributed by atoms with van der Waals surface area (Å²) in [5.41, 5.74) is 3.42. The Balaban J connectivity index is 2.30. The fourth-order valence-corrected chi connectivity index (χ4v) is 2.23. The van der Waals surface area contributed by atoms with Crippen molar-refractivity contribution in [3.8, 4) is 11.3 Å². The van der Waals surface area contributed by atoms with Crippen LogP contribution >= 0.6 is 0 Å². The van der Waals surface area contributed by atoms with Gasteiger partial charge in [0.15, 0.2) is 0 Å².